The molecule has 0 saturated heterocycles. The number of alkyl halides is 1. The van der Waals surface area contributed by atoms with Crippen LogP contribution in [-0.4, -0.2) is 7.11 Å². The molecular formula is C14H13IO. The average molecular weight is 324 g/mol. The van der Waals surface area contributed by atoms with E-state index in [0.29, 0.717) is 0 Å². The molecule has 0 bridgehead atoms. The number of benzene rings is 2. The molecule has 82 valence electrons. The lowest BCUT2D eigenvalue weighted by Gasteiger charge is -2.05. The maximum absolute atomic E-state index is 5.15. The number of hydrogen-bond acceptors (Lipinski definition) is 1. The van der Waals surface area contributed by atoms with Crippen molar-refractivity contribution >= 4 is 22.6 Å². The van der Waals surface area contributed by atoms with Crippen LogP contribution in [0.3, 0.4) is 0 Å². The van der Waals surface area contributed by atoms with Gasteiger partial charge in [-0.2, -0.15) is 0 Å². The number of ether oxygens (including phenoxy) is 1. The molecule has 0 amide bonds. The molecule has 1 nitrogen and oxygen atoms in total. The van der Waals surface area contributed by atoms with Crippen LogP contribution in [0.2, 0.25) is 0 Å². The number of methoxy groups -OCH3 is 1. The molecule has 16 heavy (non-hydrogen) atoms. The van der Waals surface area contributed by atoms with Crippen molar-refractivity contribution in [2.24, 2.45) is 0 Å². The Kier molecular flexibility index (Phi) is 3.83. The van der Waals surface area contributed by atoms with Crippen molar-refractivity contribution in [1.29, 1.82) is 0 Å². The molecule has 0 saturated carbocycles. The maximum Gasteiger partial charge on any atom is 0.118 e. The van der Waals surface area contributed by atoms with Crippen molar-refractivity contribution < 1.29 is 4.74 Å². The Morgan fingerprint density at radius 2 is 1.75 bits per heavy atom. The molecule has 0 spiro atoms. The van der Waals surface area contributed by atoms with Gasteiger partial charge >= 0.3 is 0 Å². The van der Waals surface area contributed by atoms with Crippen molar-refractivity contribution in [1.82, 2.24) is 0 Å². The van der Waals surface area contributed by atoms with E-state index < -0.39 is 0 Å². The maximum atomic E-state index is 5.15. The summed E-state index contributed by atoms with van der Waals surface area (Å²) in [5.74, 6) is 0.897. The second-order valence-corrected chi connectivity index (χ2v) is 4.33. The predicted octanol–water partition coefficient (Wildman–Crippen LogP) is 4.30. The normalized spacial score (nSPS) is 10.1. The largest absolute Gasteiger partial charge is 0.497 e. The fourth-order valence-electron chi connectivity index (χ4n) is 1.62. The molecule has 0 unspecified atom stereocenters. The Bertz CT molecular complexity index is 462. The van der Waals surface area contributed by atoms with Crippen molar-refractivity contribution in [3.63, 3.8) is 0 Å². The first-order valence-electron chi connectivity index (χ1n) is 5.13. The lowest BCUT2D eigenvalue weighted by molar-refractivity contribution is 0.415. The molecule has 0 aromatic heterocycles. The predicted molar refractivity (Wildman–Crippen MR) is 76.2 cm³/mol. The summed E-state index contributed by atoms with van der Waals surface area (Å²) < 4.78 is 6.19. The van der Waals surface area contributed by atoms with Crippen molar-refractivity contribution in [2.75, 3.05) is 7.11 Å². The van der Waals surface area contributed by atoms with E-state index in [1.54, 1.807) is 7.11 Å². The topological polar surface area (TPSA) is 9.23 Å². The zero-order chi connectivity index (χ0) is 11.4. The molecule has 2 aromatic carbocycles. The molecule has 0 fully saturated rings. The zero-order valence-corrected chi connectivity index (χ0v) is 11.3. The second kappa shape index (κ2) is 5.34. The van der Waals surface area contributed by atoms with Crippen LogP contribution in [0, 0.1) is 0 Å². The Morgan fingerprint density at radius 1 is 1.00 bits per heavy atom. The minimum absolute atomic E-state index is 0.897. The second-order valence-electron chi connectivity index (χ2n) is 3.56. The van der Waals surface area contributed by atoms with Gasteiger partial charge in [0, 0.05) is 4.43 Å². The monoisotopic (exact) mass is 324 g/mol. The Morgan fingerprint density at radius 3 is 2.38 bits per heavy atom. The summed E-state index contributed by atoms with van der Waals surface area (Å²) in [6.45, 7) is 0. The van der Waals surface area contributed by atoms with Gasteiger partial charge in [-0.25, -0.2) is 0 Å². The van der Waals surface area contributed by atoms with Gasteiger partial charge in [-0.3, -0.25) is 0 Å². The minimum atomic E-state index is 0.897. The molecule has 0 radical (unpaired) electrons. The van der Waals surface area contributed by atoms with E-state index in [1.807, 2.05) is 12.1 Å². The molecule has 0 N–H and O–H groups in total. The van der Waals surface area contributed by atoms with E-state index in [1.165, 1.54) is 16.7 Å². The van der Waals surface area contributed by atoms with Crippen LogP contribution in [-0.2, 0) is 4.43 Å². The summed E-state index contributed by atoms with van der Waals surface area (Å²) in [6.07, 6.45) is 0. The fraction of sp³-hybridized carbons (Fsp3) is 0.143. The zero-order valence-electron chi connectivity index (χ0n) is 9.11. The van der Waals surface area contributed by atoms with E-state index in [-0.39, 0.29) is 0 Å². The van der Waals surface area contributed by atoms with E-state index >= 15 is 0 Å². The molecule has 0 aliphatic rings. The lowest BCUT2D eigenvalue weighted by Crippen LogP contribution is -1.84. The average Bonchev–Trinajstić information content (AvgIpc) is 2.39. The summed E-state index contributed by atoms with van der Waals surface area (Å²) in [6, 6.07) is 16.8. The third-order valence-corrected chi connectivity index (χ3v) is 3.39. The summed E-state index contributed by atoms with van der Waals surface area (Å²) in [5.41, 5.74) is 3.85. The summed E-state index contributed by atoms with van der Waals surface area (Å²) in [7, 11) is 1.69. The first-order valence-corrected chi connectivity index (χ1v) is 6.65. The highest BCUT2D eigenvalue weighted by Crippen LogP contribution is 2.23. The minimum Gasteiger partial charge on any atom is -0.497 e. The molecule has 2 aromatic rings. The molecule has 2 heteroatoms. The van der Waals surface area contributed by atoms with Crippen LogP contribution >= 0.6 is 22.6 Å². The third-order valence-electron chi connectivity index (χ3n) is 2.50. The SMILES string of the molecule is COc1ccc(-c2cccc(CI)c2)cc1. The summed E-state index contributed by atoms with van der Waals surface area (Å²) in [4.78, 5) is 0. The van der Waals surface area contributed by atoms with Gasteiger partial charge in [0.15, 0.2) is 0 Å². The van der Waals surface area contributed by atoms with E-state index in [9.17, 15) is 0 Å². The highest BCUT2D eigenvalue weighted by atomic mass is 127. The number of hydrogen-bond donors (Lipinski definition) is 0. The molecule has 0 aliphatic carbocycles. The quantitative estimate of drug-likeness (QED) is 0.604. The first-order chi connectivity index (χ1) is 7.83. The number of halogens is 1. The van der Waals surface area contributed by atoms with Gasteiger partial charge in [0.05, 0.1) is 7.11 Å². The smallest absolute Gasteiger partial charge is 0.118 e. The van der Waals surface area contributed by atoms with Crippen molar-refractivity contribution in [2.45, 2.75) is 4.43 Å². The Balaban J connectivity index is 2.34. The van der Waals surface area contributed by atoms with Gasteiger partial charge in [-0.15, -0.1) is 0 Å². The molecule has 0 heterocycles. The third kappa shape index (κ3) is 2.55. The molecule has 2 rings (SSSR count). The van der Waals surface area contributed by atoms with Crippen LogP contribution in [0.5, 0.6) is 5.75 Å². The molecule has 0 aliphatic heterocycles. The van der Waals surface area contributed by atoms with Crippen LogP contribution in [0.1, 0.15) is 5.56 Å². The lowest BCUT2D eigenvalue weighted by atomic mass is 10.0. The van der Waals surface area contributed by atoms with Gasteiger partial charge in [0.1, 0.15) is 5.75 Å². The number of rotatable bonds is 3. The van der Waals surface area contributed by atoms with E-state index in [0.717, 1.165) is 10.2 Å². The van der Waals surface area contributed by atoms with Gasteiger partial charge in [0.2, 0.25) is 0 Å². The fourth-order valence-corrected chi connectivity index (χ4v) is 2.09. The van der Waals surface area contributed by atoms with Crippen LogP contribution in [0.25, 0.3) is 11.1 Å². The van der Waals surface area contributed by atoms with Crippen LogP contribution in [0.4, 0.5) is 0 Å². The Hall–Kier alpha value is -1.03. The Labute approximate surface area is 110 Å². The van der Waals surface area contributed by atoms with Crippen LogP contribution in [0.15, 0.2) is 48.5 Å². The summed E-state index contributed by atoms with van der Waals surface area (Å²) in [5, 5.41) is 0. The molecule has 0 atom stereocenters. The van der Waals surface area contributed by atoms with Gasteiger partial charge < -0.3 is 4.74 Å². The van der Waals surface area contributed by atoms with E-state index in [2.05, 4.69) is 59.0 Å². The van der Waals surface area contributed by atoms with Crippen molar-refractivity contribution in [3.8, 4) is 16.9 Å². The van der Waals surface area contributed by atoms with Crippen molar-refractivity contribution in [3.05, 3.63) is 54.1 Å². The highest BCUT2D eigenvalue weighted by molar-refractivity contribution is 14.1. The van der Waals surface area contributed by atoms with Gasteiger partial charge in [0.25, 0.3) is 0 Å². The standard InChI is InChI=1S/C14H13IO/c1-16-14-7-5-12(6-8-14)13-4-2-3-11(9-13)10-15/h2-9H,10H2,1H3. The molecular weight excluding hydrogens is 311 g/mol. The summed E-state index contributed by atoms with van der Waals surface area (Å²) >= 11 is 2.38. The van der Waals surface area contributed by atoms with E-state index in [4.69, 9.17) is 4.74 Å². The van der Waals surface area contributed by atoms with Gasteiger partial charge in [-0.1, -0.05) is 59.0 Å². The van der Waals surface area contributed by atoms with Crippen LogP contribution < -0.4 is 4.74 Å². The van der Waals surface area contributed by atoms with Gasteiger partial charge in [-0.05, 0) is 28.8 Å². The first kappa shape index (κ1) is 11.5. The highest BCUT2D eigenvalue weighted by Gasteiger charge is 1.99.